The Hall–Kier alpha value is -0.410. The van der Waals surface area contributed by atoms with Gasteiger partial charge in [-0.05, 0) is 37.0 Å². The summed E-state index contributed by atoms with van der Waals surface area (Å²) in [5.74, 6) is 3.28. The monoisotopic (exact) mass is 292 g/mol. The predicted molar refractivity (Wildman–Crippen MR) is 86.4 cm³/mol. The highest BCUT2D eigenvalue weighted by molar-refractivity contribution is 7.11. The number of hydrogen-bond acceptors (Lipinski definition) is 3. The zero-order chi connectivity index (χ0) is 14.3. The molecule has 3 unspecified atom stereocenters. The molecule has 0 aromatic carbocycles. The first-order valence-corrected chi connectivity index (χ1v) is 9.09. The van der Waals surface area contributed by atoms with Crippen LogP contribution in [-0.2, 0) is 6.54 Å². The van der Waals surface area contributed by atoms with Crippen molar-refractivity contribution in [3.63, 3.8) is 0 Å². The van der Waals surface area contributed by atoms with Crippen LogP contribution in [0.3, 0.4) is 0 Å². The zero-order valence-corrected chi connectivity index (χ0v) is 14.1. The highest BCUT2D eigenvalue weighted by Gasteiger charge is 2.41. The number of rotatable bonds is 5. The fourth-order valence-electron chi connectivity index (χ4n) is 3.96. The van der Waals surface area contributed by atoms with Crippen LogP contribution >= 0.6 is 11.3 Å². The van der Waals surface area contributed by atoms with Gasteiger partial charge in [0.15, 0.2) is 0 Å². The van der Waals surface area contributed by atoms with Crippen LogP contribution in [-0.4, -0.2) is 11.0 Å². The van der Waals surface area contributed by atoms with E-state index in [2.05, 4.69) is 33.0 Å². The van der Waals surface area contributed by atoms with E-state index in [0.717, 1.165) is 24.3 Å². The Kier molecular flexibility index (Phi) is 4.19. The van der Waals surface area contributed by atoms with Crippen molar-refractivity contribution in [1.82, 2.24) is 10.3 Å². The fourth-order valence-corrected chi connectivity index (χ4v) is 5.34. The number of thiazole rings is 1. The molecule has 2 fully saturated rings. The number of nitrogens with zero attached hydrogens (tertiary/aromatic N) is 1. The molecule has 1 aromatic rings. The molecule has 112 valence electrons. The Labute approximate surface area is 127 Å². The van der Waals surface area contributed by atoms with Crippen LogP contribution in [0.1, 0.15) is 80.8 Å². The van der Waals surface area contributed by atoms with Crippen LogP contribution in [0.5, 0.6) is 0 Å². The van der Waals surface area contributed by atoms with Crippen molar-refractivity contribution >= 4 is 11.3 Å². The summed E-state index contributed by atoms with van der Waals surface area (Å²) in [4.78, 5) is 6.55. The van der Waals surface area contributed by atoms with Crippen LogP contribution in [0.15, 0.2) is 0 Å². The average Bonchev–Trinajstić information content (AvgIpc) is 3.10. The molecule has 2 saturated carbocycles. The molecule has 1 aromatic heterocycles. The minimum absolute atomic E-state index is 0.544. The number of hydrogen-bond donors (Lipinski definition) is 1. The highest BCUT2D eigenvalue weighted by Crippen LogP contribution is 2.53. The average molecular weight is 292 g/mol. The molecule has 2 nitrogen and oxygen atoms in total. The molecule has 0 amide bonds. The van der Waals surface area contributed by atoms with E-state index in [1.165, 1.54) is 41.3 Å². The Morgan fingerprint density at radius 1 is 1.20 bits per heavy atom. The zero-order valence-electron chi connectivity index (χ0n) is 13.3. The van der Waals surface area contributed by atoms with E-state index >= 15 is 0 Å². The van der Waals surface area contributed by atoms with Crippen molar-refractivity contribution in [2.24, 2.45) is 11.8 Å². The molecule has 20 heavy (non-hydrogen) atoms. The van der Waals surface area contributed by atoms with Gasteiger partial charge in [-0.25, -0.2) is 4.98 Å². The summed E-state index contributed by atoms with van der Waals surface area (Å²) in [7, 11) is 0. The summed E-state index contributed by atoms with van der Waals surface area (Å²) in [5, 5.41) is 5.01. The van der Waals surface area contributed by atoms with E-state index in [0.29, 0.717) is 12.0 Å². The van der Waals surface area contributed by atoms with E-state index in [4.69, 9.17) is 4.98 Å². The Bertz CT molecular complexity index is 464. The first kappa shape index (κ1) is 14.5. The molecule has 1 heterocycles. The molecule has 0 saturated heterocycles. The Morgan fingerprint density at radius 3 is 2.55 bits per heavy atom. The maximum absolute atomic E-state index is 5.07. The standard InChI is InChI=1S/C17H28N2S/c1-10(2)16-15(9-18-11(3)4)20-17(19-16)14-8-12-5-6-13(14)7-12/h10-14,18H,5-9H2,1-4H3. The first-order chi connectivity index (χ1) is 9.54. The topological polar surface area (TPSA) is 24.9 Å². The van der Waals surface area contributed by atoms with Crippen molar-refractivity contribution < 1.29 is 0 Å². The molecule has 3 atom stereocenters. The van der Waals surface area contributed by atoms with Gasteiger partial charge in [-0.1, -0.05) is 34.1 Å². The van der Waals surface area contributed by atoms with Crippen molar-refractivity contribution in [3.05, 3.63) is 15.6 Å². The van der Waals surface area contributed by atoms with Crippen LogP contribution in [0.4, 0.5) is 0 Å². The van der Waals surface area contributed by atoms with Gasteiger partial charge in [0.1, 0.15) is 0 Å². The fraction of sp³-hybridized carbons (Fsp3) is 0.824. The first-order valence-electron chi connectivity index (χ1n) is 8.27. The second kappa shape index (κ2) is 5.76. The smallest absolute Gasteiger partial charge is 0.0965 e. The van der Waals surface area contributed by atoms with Gasteiger partial charge in [0, 0.05) is 23.4 Å². The van der Waals surface area contributed by atoms with Gasteiger partial charge in [0.25, 0.3) is 0 Å². The van der Waals surface area contributed by atoms with Gasteiger partial charge in [0.05, 0.1) is 10.7 Å². The van der Waals surface area contributed by atoms with Gasteiger partial charge in [-0.3, -0.25) is 0 Å². The van der Waals surface area contributed by atoms with Crippen LogP contribution in [0, 0.1) is 11.8 Å². The third-order valence-electron chi connectivity index (χ3n) is 5.02. The van der Waals surface area contributed by atoms with Crippen LogP contribution < -0.4 is 5.32 Å². The van der Waals surface area contributed by atoms with E-state index in [-0.39, 0.29) is 0 Å². The van der Waals surface area contributed by atoms with Gasteiger partial charge < -0.3 is 5.32 Å². The lowest BCUT2D eigenvalue weighted by atomic mass is 9.89. The maximum atomic E-state index is 5.07. The number of aromatic nitrogens is 1. The van der Waals surface area contributed by atoms with Gasteiger partial charge in [0.2, 0.25) is 0 Å². The molecule has 3 heteroatoms. The molecule has 0 radical (unpaired) electrons. The van der Waals surface area contributed by atoms with Crippen molar-refractivity contribution in [2.45, 2.75) is 77.8 Å². The normalized spacial score (nSPS) is 29.0. The Morgan fingerprint density at radius 2 is 2.00 bits per heavy atom. The SMILES string of the molecule is CC(C)NCc1sc(C2CC3CCC2C3)nc1C(C)C. The van der Waals surface area contributed by atoms with Crippen LogP contribution in [0.2, 0.25) is 0 Å². The lowest BCUT2D eigenvalue weighted by Gasteiger charge is -2.19. The highest BCUT2D eigenvalue weighted by atomic mass is 32.1. The minimum Gasteiger partial charge on any atom is -0.310 e. The van der Waals surface area contributed by atoms with Crippen molar-refractivity contribution in [3.8, 4) is 0 Å². The molecular weight excluding hydrogens is 264 g/mol. The second-order valence-electron chi connectivity index (χ2n) is 7.33. The summed E-state index contributed by atoms with van der Waals surface area (Å²) in [5.41, 5.74) is 1.35. The molecule has 0 aliphatic heterocycles. The van der Waals surface area contributed by atoms with Gasteiger partial charge >= 0.3 is 0 Å². The van der Waals surface area contributed by atoms with Crippen LogP contribution in [0.25, 0.3) is 0 Å². The van der Waals surface area contributed by atoms with E-state index < -0.39 is 0 Å². The van der Waals surface area contributed by atoms with E-state index in [1.54, 1.807) is 0 Å². The van der Waals surface area contributed by atoms with Crippen molar-refractivity contribution in [2.75, 3.05) is 0 Å². The summed E-state index contributed by atoms with van der Waals surface area (Å²) in [6, 6.07) is 0.544. The predicted octanol–water partition coefficient (Wildman–Crippen LogP) is 4.67. The van der Waals surface area contributed by atoms with Gasteiger partial charge in [-0.2, -0.15) is 0 Å². The lowest BCUT2D eigenvalue weighted by molar-refractivity contribution is 0.418. The molecule has 3 rings (SSSR count). The Balaban J connectivity index is 1.80. The second-order valence-corrected chi connectivity index (χ2v) is 8.45. The number of fused-ring (bicyclic) bond motifs is 2. The summed E-state index contributed by atoms with van der Waals surface area (Å²) >= 11 is 1.99. The molecule has 0 spiro atoms. The van der Waals surface area contributed by atoms with E-state index in [1.807, 2.05) is 11.3 Å². The largest absolute Gasteiger partial charge is 0.310 e. The summed E-state index contributed by atoms with van der Waals surface area (Å²) in [6.45, 7) is 9.97. The molecule has 2 aliphatic carbocycles. The minimum atomic E-state index is 0.544. The number of nitrogens with one attached hydrogen (secondary N) is 1. The lowest BCUT2D eigenvalue weighted by Crippen LogP contribution is -2.22. The summed E-state index contributed by atoms with van der Waals surface area (Å²) in [6.07, 6.45) is 5.81. The molecule has 2 bridgehead atoms. The molecular formula is C17H28N2S. The maximum Gasteiger partial charge on any atom is 0.0965 e. The third kappa shape index (κ3) is 2.80. The third-order valence-corrected chi connectivity index (χ3v) is 6.22. The summed E-state index contributed by atoms with van der Waals surface area (Å²) < 4.78 is 0. The van der Waals surface area contributed by atoms with E-state index in [9.17, 15) is 0 Å². The molecule has 1 N–H and O–H groups in total. The quantitative estimate of drug-likeness (QED) is 0.853. The molecule has 2 aliphatic rings. The van der Waals surface area contributed by atoms with Crippen molar-refractivity contribution in [1.29, 1.82) is 0 Å². The van der Waals surface area contributed by atoms with Gasteiger partial charge in [-0.15, -0.1) is 11.3 Å².